The van der Waals surface area contributed by atoms with Crippen LogP contribution in [0.1, 0.15) is 5.56 Å². The van der Waals surface area contributed by atoms with E-state index in [1.165, 1.54) is 16.7 Å². The Hall–Kier alpha value is -1.27. The molecule has 0 saturated carbocycles. The van der Waals surface area contributed by atoms with Gasteiger partial charge < -0.3 is 0 Å². The standard InChI is InChI=1S/C14H12Cl/c1-2-11-8-9-13(15)10-14(11)12-6-4-3-5-7-12/h3-10H,1-2H2. The molecule has 0 atom stereocenters. The molecule has 0 amide bonds. The Morgan fingerprint density at radius 3 is 2.40 bits per heavy atom. The summed E-state index contributed by atoms with van der Waals surface area (Å²) < 4.78 is 0. The molecular formula is C14H12Cl. The molecule has 2 rings (SSSR count). The van der Waals surface area contributed by atoms with Gasteiger partial charge in [0.25, 0.3) is 0 Å². The van der Waals surface area contributed by atoms with E-state index >= 15 is 0 Å². The first-order chi connectivity index (χ1) is 7.31. The minimum absolute atomic E-state index is 0.769. The third-order valence-corrected chi connectivity index (χ3v) is 2.66. The summed E-state index contributed by atoms with van der Waals surface area (Å²) in [5, 5.41) is 0.769. The van der Waals surface area contributed by atoms with Crippen LogP contribution in [0, 0.1) is 6.92 Å². The molecule has 0 aliphatic rings. The van der Waals surface area contributed by atoms with Crippen LogP contribution in [0.15, 0.2) is 48.5 Å². The summed E-state index contributed by atoms with van der Waals surface area (Å²) in [5.41, 5.74) is 3.60. The van der Waals surface area contributed by atoms with E-state index in [1.54, 1.807) is 0 Å². The molecule has 0 saturated heterocycles. The fraction of sp³-hybridized carbons (Fsp3) is 0.0714. The average molecular weight is 216 g/mol. The van der Waals surface area contributed by atoms with Crippen molar-refractivity contribution in [3.8, 4) is 11.1 Å². The molecular weight excluding hydrogens is 204 g/mol. The van der Waals surface area contributed by atoms with E-state index in [0.717, 1.165) is 11.4 Å². The smallest absolute Gasteiger partial charge is 0.0412 e. The van der Waals surface area contributed by atoms with Crippen LogP contribution in [0.25, 0.3) is 11.1 Å². The Kier molecular flexibility index (Phi) is 3.08. The molecule has 2 aromatic rings. The lowest BCUT2D eigenvalue weighted by Crippen LogP contribution is -1.87. The van der Waals surface area contributed by atoms with Crippen LogP contribution >= 0.6 is 11.6 Å². The predicted octanol–water partition coefficient (Wildman–Crippen LogP) is 4.38. The van der Waals surface area contributed by atoms with Gasteiger partial charge in [-0.2, -0.15) is 0 Å². The Morgan fingerprint density at radius 2 is 1.73 bits per heavy atom. The number of hydrogen-bond acceptors (Lipinski definition) is 0. The van der Waals surface area contributed by atoms with E-state index in [0.29, 0.717) is 0 Å². The van der Waals surface area contributed by atoms with E-state index in [4.69, 9.17) is 11.6 Å². The number of halogens is 1. The van der Waals surface area contributed by atoms with Gasteiger partial charge in [-0.15, -0.1) is 0 Å². The van der Waals surface area contributed by atoms with Crippen LogP contribution in [-0.2, 0) is 6.42 Å². The molecule has 2 aromatic carbocycles. The van der Waals surface area contributed by atoms with Crippen molar-refractivity contribution in [2.45, 2.75) is 6.42 Å². The SMILES string of the molecule is [CH2]Cc1ccc(Cl)cc1-c1ccccc1. The molecule has 1 heteroatoms. The first-order valence-electron chi connectivity index (χ1n) is 4.94. The van der Waals surface area contributed by atoms with Crippen LogP contribution in [0.2, 0.25) is 5.02 Å². The van der Waals surface area contributed by atoms with Crippen LogP contribution < -0.4 is 0 Å². The maximum atomic E-state index is 6.00. The number of hydrogen-bond donors (Lipinski definition) is 0. The maximum absolute atomic E-state index is 6.00. The van der Waals surface area contributed by atoms with E-state index in [-0.39, 0.29) is 0 Å². The van der Waals surface area contributed by atoms with Gasteiger partial charge in [0.15, 0.2) is 0 Å². The van der Waals surface area contributed by atoms with Crippen molar-refractivity contribution in [2.24, 2.45) is 0 Å². The van der Waals surface area contributed by atoms with Crippen LogP contribution in [0.5, 0.6) is 0 Å². The minimum Gasteiger partial charge on any atom is -0.0843 e. The van der Waals surface area contributed by atoms with Gasteiger partial charge in [0.05, 0.1) is 0 Å². The molecule has 0 N–H and O–H groups in total. The summed E-state index contributed by atoms with van der Waals surface area (Å²) in [6.07, 6.45) is 0.779. The van der Waals surface area contributed by atoms with E-state index < -0.39 is 0 Å². The minimum atomic E-state index is 0.769. The average Bonchev–Trinajstić information content (AvgIpc) is 2.30. The lowest BCUT2D eigenvalue weighted by atomic mass is 9.98. The zero-order valence-electron chi connectivity index (χ0n) is 8.41. The lowest BCUT2D eigenvalue weighted by molar-refractivity contribution is 1.27. The molecule has 0 heterocycles. The lowest BCUT2D eigenvalue weighted by Gasteiger charge is -2.08. The third kappa shape index (κ3) is 2.21. The highest BCUT2D eigenvalue weighted by atomic mass is 35.5. The van der Waals surface area contributed by atoms with Crippen molar-refractivity contribution in [3.05, 3.63) is 66.0 Å². The van der Waals surface area contributed by atoms with Crippen molar-refractivity contribution >= 4 is 11.6 Å². The van der Waals surface area contributed by atoms with Gasteiger partial charge in [0.2, 0.25) is 0 Å². The summed E-state index contributed by atoms with van der Waals surface area (Å²) >= 11 is 6.00. The Labute approximate surface area is 95.5 Å². The second-order valence-corrected chi connectivity index (χ2v) is 3.85. The fourth-order valence-electron chi connectivity index (χ4n) is 1.65. The molecule has 75 valence electrons. The monoisotopic (exact) mass is 215 g/mol. The predicted molar refractivity (Wildman–Crippen MR) is 65.9 cm³/mol. The van der Waals surface area contributed by atoms with Gasteiger partial charge in [-0.3, -0.25) is 0 Å². The molecule has 1 radical (unpaired) electrons. The van der Waals surface area contributed by atoms with Gasteiger partial charge in [-0.05, 0) is 42.2 Å². The molecule has 0 unspecified atom stereocenters. The van der Waals surface area contributed by atoms with Crippen LogP contribution in [-0.4, -0.2) is 0 Å². The topological polar surface area (TPSA) is 0 Å². The van der Waals surface area contributed by atoms with Crippen molar-refractivity contribution < 1.29 is 0 Å². The molecule has 0 bridgehead atoms. The molecule has 0 aliphatic carbocycles. The second kappa shape index (κ2) is 4.50. The normalized spacial score (nSPS) is 10.3. The Balaban J connectivity index is 2.56. The zero-order chi connectivity index (χ0) is 10.7. The van der Waals surface area contributed by atoms with Crippen molar-refractivity contribution in [3.63, 3.8) is 0 Å². The number of benzene rings is 2. The Morgan fingerprint density at radius 1 is 1.00 bits per heavy atom. The van der Waals surface area contributed by atoms with Gasteiger partial charge in [0.1, 0.15) is 0 Å². The molecule has 0 aromatic heterocycles. The first kappa shape index (κ1) is 10.3. The summed E-state index contributed by atoms with van der Waals surface area (Å²) in [6.45, 7) is 3.93. The van der Waals surface area contributed by atoms with Gasteiger partial charge >= 0.3 is 0 Å². The van der Waals surface area contributed by atoms with Gasteiger partial charge in [0, 0.05) is 5.02 Å². The van der Waals surface area contributed by atoms with Gasteiger partial charge in [-0.25, -0.2) is 0 Å². The number of rotatable bonds is 2. The van der Waals surface area contributed by atoms with Crippen molar-refractivity contribution in [2.75, 3.05) is 0 Å². The van der Waals surface area contributed by atoms with Crippen LogP contribution in [0.3, 0.4) is 0 Å². The summed E-state index contributed by atoms with van der Waals surface area (Å²) in [7, 11) is 0. The zero-order valence-corrected chi connectivity index (χ0v) is 9.17. The van der Waals surface area contributed by atoms with Crippen LogP contribution in [0.4, 0.5) is 0 Å². The van der Waals surface area contributed by atoms with Crippen molar-refractivity contribution in [1.82, 2.24) is 0 Å². The summed E-state index contributed by atoms with van der Waals surface area (Å²) in [6, 6.07) is 16.2. The first-order valence-corrected chi connectivity index (χ1v) is 5.32. The fourth-order valence-corrected chi connectivity index (χ4v) is 1.83. The highest BCUT2D eigenvalue weighted by Gasteiger charge is 2.03. The summed E-state index contributed by atoms with van der Waals surface area (Å²) in [4.78, 5) is 0. The van der Waals surface area contributed by atoms with E-state index in [1.807, 2.05) is 36.4 Å². The molecule has 0 spiro atoms. The van der Waals surface area contributed by atoms with E-state index in [2.05, 4.69) is 19.1 Å². The maximum Gasteiger partial charge on any atom is 0.0412 e. The molecule has 0 aliphatic heterocycles. The quantitative estimate of drug-likeness (QED) is 0.697. The van der Waals surface area contributed by atoms with E-state index in [9.17, 15) is 0 Å². The largest absolute Gasteiger partial charge is 0.0843 e. The molecule has 15 heavy (non-hydrogen) atoms. The highest BCUT2D eigenvalue weighted by Crippen LogP contribution is 2.27. The third-order valence-electron chi connectivity index (χ3n) is 2.43. The molecule has 0 nitrogen and oxygen atoms in total. The Bertz CT molecular complexity index is 446. The second-order valence-electron chi connectivity index (χ2n) is 3.42. The summed E-state index contributed by atoms with van der Waals surface area (Å²) in [5.74, 6) is 0. The molecule has 0 fully saturated rings. The van der Waals surface area contributed by atoms with Gasteiger partial charge in [-0.1, -0.05) is 48.0 Å². The van der Waals surface area contributed by atoms with Crippen molar-refractivity contribution in [1.29, 1.82) is 0 Å². The highest BCUT2D eigenvalue weighted by molar-refractivity contribution is 6.30.